The molecule has 2 aromatic carbocycles. The van der Waals surface area contributed by atoms with Crippen LogP contribution in [-0.4, -0.2) is 44.4 Å². The fourth-order valence-electron chi connectivity index (χ4n) is 2.87. The average molecular weight is 464 g/mol. The molecule has 0 saturated carbocycles. The quantitative estimate of drug-likeness (QED) is 0.392. The summed E-state index contributed by atoms with van der Waals surface area (Å²) in [6.45, 7) is 2.17. The number of thiazole rings is 1. The topological polar surface area (TPSA) is 57.3 Å². The van der Waals surface area contributed by atoms with E-state index in [2.05, 4.69) is 10.1 Å². The molecule has 0 bridgehead atoms. The molecule has 4 rings (SSSR count). The maximum Gasteiger partial charge on any atom is 0.206 e. The van der Waals surface area contributed by atoms with Crippen LogP contribution >= 0.6 is 34.5 Å². The summed E-state index contributed by atoms with van der Waals surface area (Å²) in [7, 11) is 1.65. The first-order chi connectivity index (χ1) is 14.7. The number of hydrogen-bond acceptors (Lipinski definition) is 6. The van der Waals surface area contributed by atoms with Crippen LogP contribution in [0.5, 0.6) is 11.5 Å². The van der Waals surface area contributed by atoms with E-state index < -0.39 is 0 Å². The molecule has 2 heterocycles. The number of benzene rings is 2. The molecule has 156 valence electrons. The van der Waals surface area contributed by atoms with Crippen LogP contribution in [0.2, 0.25) is 10.0 Å². The third kappa shape index (κ3) is 4.70. The Morgan fingerprint density at radius 2 is 1.93 bits per heavy atom. The van der Waals surface area contributed by atoms with E-state index in [0.29, 0.717) is 36.4 Å². The highest BCUT2D eigenvalue weighted by molar-refractivity contribution is 7.07. The summed E-state index contributed by atoms with van der Waals surface area (Å²) in [6, 6.07) is 11.2. The maximum absolute atomic E-state index is 6.22. The highest BCUT2D eigenvalue weighted by Gasteiger charge is 2.12. The molecular weight excluding hydrogens is 445 g/mol. The number of methoxy groups -OCH3 is 1. The third-order valence-corrected chi connectivity index (χ3v) is 5.92. The molecule has 6 nitrogen and oxygen atoms in total. The summed E-state index contributed by atoms with van der Waals surface area (Å²) >= 11 is 13.8. The van der Waals surface area contributed by atoms with E-state index in [-0.39, 0.29) is 0 Å². The predicted molar refractivity (Wildman–Crippen MR) is 120 cm³/mol. The molecule has 3 aromatic rings. The summed E-state index contributed by atoms with van der Waals surface area (Å²) in [6.07, 6.45) is 1.77. The van der Waals surface area contributed by atoms with Crippen LogP contribution in [0.25, 0.3) is 11.3 Å². The van der Waals surface area contributed by atoms with Gasteiger partial charge in [0.15, 0.2) is 11.5 Å². The Balaban J connectivity index is 1.72. The largest absolute Gasteiger partial charge is 0.486 e. The van der Waals surface area contributed by atoms with Crippen molar-refractivity contribution in [1.29, 1.82) is 0 Å². The van der Waals surface area contributed by atoms with Gasteiger partial charge in [-0.05, 0) is 35.9 Å². The minimum Gasteiger partial charge on any atom is -0.486 e. The number of rotatable bonds is 6. The molecule has 0 fully saturated rings. The van der Waals surface area contributed by atoms with Crippen LogP contribution in [-0.2, 0) is 4.74 Å². The highest BCUT2D eigenvalue weighted by atomic mass is 35.5. The molecule has 0 aliphatic carbocycles. The molecule has 30 heavy (non-hydrogen) atoms. The Morgan fingerprint density at radius 3 is 2.73 bits per heavy atom. The van der Waals surface area contributed by atoms with Crippen molar-refractivity contribution in [3.8, 4) is 22.8 Å². The molecule has 0 saturated heterocycles. The van der Waals surface area contributed by atoms with Crippen LogP contribution < -0.4 is 14.3 Å². The van der Waals surface area contributed by atoms with Gasteiger partial charge in [0.05, 0.1) is 35.1 Å². The summed E-state index contributed by atoms with van der Waals surface area (Å²) < 4.78 is 18.1. The van der Waals surface area contributed by atoms with Crippen LogP contribution in [0.15, 0.2) is 51.9 Å². The second-order valence-electron chi connectivity index (χ2n) is 6.37. The normalized spacial score (nSPS) is 13.9. The summed E-state index contributed by atoms with van der Waals surface area (Å²) in [4.78, 5) is 5.36. The lowest BCUT2D eigenvalue weighted by Crippen LogP contribution is -2.15. The number of fused-ring (bicyclic) bond motifs is 1. The van der Waals surface area contributed by atoms with E-state index >= 15 is 0 Å². The van der Waals surface area contributed by atoms with E-state index in [9.17, 15) is 0 Å². The van der Waals surface area contributed by atoms with Gasteiger partial charge in [-0.1, -0.05) is 29.3 Å². The van der Waals surface area contributed by atoms with Gasteiger partial charge in [-0.2, -0.15) is 5.10 Å². The van der Waals surface area contributed by atoms with Crippen molar-refractivity contribution < 1.29 is 14.2 Å². The average Bonchev–Trinajstić information content (AvgIpc) is 3.17. The van der Waals surface area contributed by atoms with Crippen molar-refractivity contribution in [3.05, 3.63) is 62.2 Å². The standard InChI is InChI=1S/C21H19Cl2N3O3S/c1-27-7-6-24-21-26(18(13-30-21)15-3-4-16(22)17(23)11-15)25-12-14-2-5-19-20(10-14)29-9-8-28-19/h2-5,10-13H,6-9H2,1H3. The summed E-state index contributed by atoms with van der Waals surface area (Å²) in [5.74, 6) is 1.46. The monoisotopic (exact) mass is 463 g/mol. The summed E-state index contributed by atoms with van der Waals surface area (Å²) in [5.41, 5.74) is 2.65. The van der Waals surface area contributed by atoms with Crippen molar-refractivity contribution >= 4 is 40.8 Å². The van der Waals surface area contributed by atoms with E-state index in [1.807, 2.05) is 35.7 Å². The predicted octanol–water partition coefficient (Wildman–Crippen LogP) is 4.72. The third-order valence-electron chi connectivity index (χ3n) is 4.33. The Morgan fingerprint density at radius 1 is 1.10 bits per heavy atom. The molecule has 1 aliphatic heterocycles. The minimum absolute atomic E-state index is 0.487. The number of hydrogen-bond donors (Lipinski definition) is 0. The van der Waals surface area contributed by atoms with Gasteiger partial charge in [0, 0.05) is 18.1 Å². The number of aromatic nitrogens is 1. The van der Waals surface area contributed by atoms with E-state index in [1.54, 1.807) is 24.1 Å². The van der Waals surface area contributed by atoms with Crippen molar-refractivity contribution in [3.63, 3.8) is 0 Å². The molecule has 0 unspecified atom stereocenters. The van der Waals surface area contributed by atoms with Gasteiger partial charge in [-0.15, -0.1) is 11.3 Å². The zero-order valence-electron chi connectivity index (χ0n) is 16.2. The first-order valence-corrected chi connectivity index (χ1v) is 10.9. The fourth-order valence-corrected chi connectivity index (χ4v) is 4.03. The van der Waals surface area contributed by atoms with Gasteiger partial charge in [-0.25, -0.2) is 4.68 Å². The minimum atomic E-state index is 0.487. The van der Waals surface area contributed by atoms with Crippen molar-refractivity contribution in [2.45, 2.75) is 0 Å². The molecule has 0 amide bonds. The van der Waals surface area contributed by atoms with Gasteiger partial charge in [-0.3, -0.25) is 4.99 Å². The highest BCUT2D eigenvalue weighted by Crippen LogP contribution is 2.31. The van der Waals surface area contributed by atoms with Gasteiger partial charge < -0.3 is 14.2 Å². The molecule has 0 atom stereocenters. The smallest absolute Gasteiger partial charge is 0.206 e. The van der Waals surface area contributed by atoms with Crippen molar-refractivity contribution in [2.75, 3.05) is 33.5 Å². The van der Waals surface area contributed by atoms with Crippen molar-refractivity contribution in [1.82, 2.24) is 4.68 Å². The molecule has 0 N–H and O–H groups in total. The Kier molecular flexibility index (Phi) is 6.74. The van der Waals surface area contributed by atoms with E-state index in [1.165, 1.54) is 11.3 Å². The van der Waals surface area contributed by atoms with Gasteiger partial charge in [0.1, 0.15) is 13.2 Å². The maximum atomic E-state index is 6.22. The molecular formula is C21H19Cl2N3O3S. The Hall–Kier alpha value is -2.32. The van der Waals surface area contributed by atoms with Crippen LogP contribution in [0.3, 0.4) is 0 Å². The Bertz CT molecular complexity index is 1140. The van der Waals surface area contributed by atoms with Gasteiger partial charge in [0.25, 0.3) is 0 Å². The van der Waals surface area contributed by atoms with Crippen LogP contribution in [0.1, 0.15) is 5.56 Å². The SMILES string of the molecule is COCCN=c1scc(-c2ccc(Cl)c(Cl)c2)n1N=Cc1ccc2c(c1)OCCO2. The molecule has 0 spiro atoms. The molecule has 1 aliphatic rings. The summed E-state index contributed by atoms with van der Waals surface area (Å²) in [5, 5.41) is 7.67. The number of ether oxygens (including phenoxy) is 3. The number of nitrogens with zero attached hydrogens (tertiary/aromatic N) is 3. The first kappa shape index (κ1) is 20.9. The molecule has 1 aromatic heterocycles. The first-order valence-electron chi connectivity index (χ1n) is 9.25. The lowest BCUT2D eigenvalue weighted by molar-refractivity contribution is 0.171. The van der Waals surface area contributed by atoms with Crippen LogP contribution in [0, 0.1) is 0 Å². The van der Waals surface area contributed by atoms with Gasteiger partial charge in [0.2, 0.25) is 4.80 Å². The van der Waals surface area contributed by atoms with Crippen molar-refractivity contribution in [2.24, 2.45) is 10.1 Å². The lowest BCUT2D eigenvalue weighted by Gasteiger charge is -2.18. The zero-order valence-corrected chi connectivity index (χ0v) is 18.5. The second kappa shape index (κ2) is 9.66. The Labute approximate surface area is 188 Å². The second-order valence-corrected chi connectivity index (χ2v) is 8.02. The fraction of sp³-hybridized carbons (Fsp3) is 0.238. The number of halogens is 2. The van der Waals surface area contributed by atoms with E-state index in [0.717, 1.165) is 33.1 Å². The zero-order chi connectivity index (χ0) is 20.9. The lowest BCUT2D eigenvalue weighted by atomic mass is 10.2. The van der Waals surface area contributed by atoms with Crippen LogP contribution in [0.4, 0.5) is 0 Å². The van der Waals surface area contributed by atoms with E-state index in [4.69, 9.17) is 37.4 Å². The molecule has 9 heteroatoms. The molecule has 0 radical (unpaired) electrons. The van der Waals surface area contributed by atoms with Gasteiger partial charge >= 0.3 is 0 Å².